The molecule has 9 heteroatoms. The number of carbonyl (C=O) groups is 2. The summed E-state index contributed by atoms with van der Waals surface area (Å²) in [6.45, 7) is 6.39. The van der Waals surface area contributed by atoms with Crippen molar-refractivity contribution in [3.05, 3.63) is 33.8 Å². The lowest BCUT2D eigenvalue weighted by atomic mass is 9.93. The Morgan fingerprint density at radius 3 is 2.28 bits per heavy atom. The van der Waals surface area contributed by atoms with Crippen LogP contribution in [0.4, 0.5) is 13.2 Å². The van der Waals surface area contributed by atoms with Gasteiger partial charge in [-0.15, -0.1) is 0 Å². The summed E-state index contributed by atoms with van der Waals surface area (Å²) in [6, 6.07) is 1.67. The number of likely N-dealkylation sites (tertiary alicyclic amines) is 1. The smallest absolute Gasteiger partial charge is 0.416 e. The van der Waals surface area contributed by atoms with Gasteiger partial charge in [-0.3, -0.25) is 9.69 Å². The number of halogens is 4. The predicted molar refractivity (Wildman–Crippen MR) is 102 cm³/mol. The minimum absolute atomic E-state index is 0.0350. The monoisotopic (exact) mass is 435 g/mol. The predicted octanol–water partition coefficient (Wildman–Crippen LogP) is 5.00. The lowest BCUT2D eigenvalue weighted by Gasteiger charge is -2.33. The molecule has 0 aliphatic carbocycles. The fourth-order valence-electron chi connectivity index (χ4n) is 3.36. The highest BCUT2D eigenvalue weighted by molar-refractivity contribution is 6.31. The van der Waals surface area contributed by atoms with E-state index in [9.17, 15) is 22.8 Å². The van der Waals surface area contributed by atoms with Gasteiger partial charge in [-0.25, -0.2) is 4.79 Å². The minimum atomic E-state index is -4.71. The van der Waals surface area contributed by atoms with Crippen molar-refractivity contribution in [2.45, 2.75) is 58.4 Å². The summed E-state index contributed by atoms with van der Waals surface area (Å²) in [6.07, 6.45) is -3.11. The molecule has 162 valence electrons. The third kappa shape index (κ3) is 6.89. The highest BCUT2D eigenvalue weighted by Gasteiger charge is 2.36. The first kappa shape index (κ1) is 23.5. The molecule has 0 spiro atoms. The first-order valence-electron chi connectivity index (χ1n) is 9.33. The van der Waals surface area contributed by atoms with E-state index in [-0.39, 0.29) is 35.4 Å². The summed E-state index contributed by atoms with van der Waals surface area (Å²) in [4.78, 5) is 24.9. The molecule has 2 rings (SSSR count). The van der Waals surface area contributed by atoms with Crippen LogP contribution < -0.4 is 0 Å². The van der Waals surface area contributed by atoms with E-state index in [0.29, 0.717) is 32.0 Å². The molecule has 1 aromatic carbocycles. The minimum Gasteiger partial charge on any atom is -0.478 e. The van der Waals surface area contributed by atoms with Gasteiger partial charge in [-0.05, 0) is 70.3 Å². The Balaban J connectivity index is 2.05. The Morgan fingerprint density at radius 2 is 1.79 bits per heavy atom. The normalized spacial score (nSPS) is 16.7. The molecule has 0 radical (unpaired) electrons. The van der Waals surface area contributed by atoms with E-state index >= 15 is 0 Å². The Hall–Kier alpha value is -1.80. The van der Waals surface area contributed by atoms with Crippen LogP contribution in [0.15, 0.2) is 12.1 Å². The lowest BCUT2D eigenvalue weighted by Crippen LogP contribution is -2.35. The maximum atomic E-state index is 13.4. The van der Waals surface area contributed by atoms with Gasteiger partial charge in [0.2, 0.25) is 0 Å². The number of hydrogen-bond donors (Lipinski definition) is 1. The molecular weight excluding hydrogens is 411 g/mol. The molecule has 1 aromatic rings. The van der Waals surface area contributed by atoms with Gasteiger partial charge in [-0.2, -0.15) is 13.2 Å². The fraction of sp³-hybridized carbons (Fsp3) is 0.600. The second-order valence-electron chi connectivity index (χ2n) is 8.30. The standard InChI is InChI=1S/C20H25ClF3NO4/c1-19(2,3)29-17(26)8-12-4-6-25(7-5-12)11-14-15(20(22,23)24)9-13(18(27)28)10-16(14)21/h9-10,12H,4-8,11H2,1-3H3,(H,27,28). The van der Waals surface area contributed by atoms with Gasteiger partial charge in [0.05, 0.1) is 11.1 Å². The van der Waals surface area contributed by atoms with E-state index in [1.54, 1.807) is 20.8 Å². The fourth-order valence-corrected chi connectivity index (χ4v) is 3.64. The van der Waals surface area contributed by atoms with Crippen molar-refractivity contribution in [2.75, 3.05) is 13.1 Å². The van der Waals surface area contributed by atoms with Crippen molar-refractivity contribution in [1.29, 1.82) is 0 Å². The Morgan fingerprint density at radius 1 is 1.21 bits per heavy atom. The van der Waals surface area contributed by atoms with Gasteiger partial charge in [0.1, 0.15) is 5.60 Å². The zero-order chi connectivity index (χ0) is 22.0. The maximum absolute atomic E-state index is 13.4. The van der Waals surface area contributed by atoms with Crippen molar-refractivity contribution < 1.29 is 32.6 Å². The van der Waals surface area contributed by atoms with Crippen LogP contribution in [-0.2, 0) is 22.3 Å². The lowest BCUT2D eigenvalue weighted by molar-refractivity contribution is -0.156. The third-order valence-corrected chi connectivity index (χ3v) is 5.05. The number of esters is 1. The molecule has 1 saturated heterocycles. The number of carboxylic acid groups (broad SMARTS) is 1. The molecule has 29 heavy (non-hydrogen) atoms. The number of alkyl halides is 3. The SMILES string of the molecule is CC(C)(C)OC(=O)CC1CCN(Cc2c(Cl)cc(C(=O)O)cc2C(F)(F)F)CC1. The first-order chi connectivity index (χ1) is 13.3. The van der Waals surface area contributed by atoms with E-state index < -0.39 is 28.9 Å². The van der Waals surface area contributed by atoms with Gasteiger partial charge in [0, 0.05) is 18.0 Å². The number of piperidine rings is 1. The van der Waals surface area contributed by atoms with Gasteiger partial charge in [0.15, 0.2) is 0 Å². The van der Waals surface area contributed by atoms with Crippen LogP contribution in [-0.4, -0.2) is 40.6 Å². The molecule has 0 amide bonds. The topological polar surface area (TPSA) is 66.8 Å². The van der Waals surface area contributed by atoms with Crippen LogP contribution in [0, 0.1) is 5.92 Å². The first-order valence-corrected chi connectivity index (χ1v) is 9.71. The van der Waals surface area contributed by atoms with Gasteiger partial charge in [0.25, 0.3) is 0 Å². The van der Waals surface area contributed by atoms with Crippen molar-refractivity contribution in [1.82, 2.24) is 4.90 Å². The maximum Gasteiger partial charge on any atom is 0.416 e. The van der Waals surface area contributed by atoms with Gasteiger partial charge >= 0.3 is 18.1 Å². The second-order valence-corrected chi connectivity index (χ2v) is 8.70. The van der Waals surface area contributed by atoms with E-state index in [2.05, 4.69) is 0 Å². The number of benzene rings is 1. The van der Waals surface area contributed by atoms with Crippen LogP contribution in [0.1, 0.15) is 61.5 Å². The number of hydrogen-bond acceptors (Lipinski definition) is 4. The van der Waals surface area contributed by atoms with Crippen molar-refractivity contribution in [3.8, 4) is 0 Å². The zero-order valence-electron chi connectivity index (χ0n) is 16.6. The summed E-state index contributed by atoms with van der Waals surface area (Å²) in [5.74, 6) is -1.62. The third-order valence-electron chi connectivity index (χ3n) is 4.71. The molecule has 1 N–H and O–H groups in total. The highest BCUT2D eigenvalue weighted by atomic mass is 35.5. The Bertz CT molecular complexity index is 766. The number of rotatable bonds is 5. The van der Waals surface area contributed by atoms with Crippen LogP contribution in [0.25, 0.3) is 0 Å². The summed E-state index contributed by atoms with van der Waals surface area (Å²) in [5, 5.41) is 8.79. The average molecular weight is 436 g/mol. The molecule has 0 aromatic heterocycles. The van der Waals surface area contributed by atoms with E-state index in [1.807, 2.05) is 4.90 Å². The number of aromatic carboxylic acids is 1. The van der Waals surface area contributed by atoms with Crippen LogP contribution in [0.3, 0.4) is 0 Å². The van der Waals surface area contributed by atoms with E-state index in [0.717, 1.165) is 6.07 Å². The molecule has 1 fully saturated rings. The zero-order valence-corrected chi connectivity index (χ0v) is 17.4. The summed E-state index contributed by atoms with van der Waals surface area (Å²) >= 11 is 6.01. The number of ether oxygens (including phenoxy) is 1. The Labute approximate surface area is 172 Å². The molecule has 0 atom stereocenters. The summed E-state index contributed by atoms with van der Waals surface area (Å²) in [5.41, 5.74) is -2.21. The quantitative estimate of drug-likeness (QED) is 0.659. The molecule has 1 aliphatic heterocycles. The molecule has 1 aliphatic rings. The number of carboxylic acids is 1. The second kappa shape index (κ2) is 8.92. The van der Waals surface area contributed by atoms with Crippen molar-refractivity contribution >= 4 is 23.5 Å². The molecule has 0 saturated carbocycles. The molecule has 5 nitrogen and oxygen atoms in total. The molecular formula is C20H25ClF3NO4. The van der Waals surface area contributed by atoms with E-state index in [4.69, 9.17) is 21.4 Å². The largest absolute Gasteiger partial charge is 0.478 e. The highest BCUT2D eigenvalue weighted by Crippen LogP contribution is 2.37. The molecule has 1 heterocycles. The van der Waals surface area contributed by atoms with Crippen LogP contribution in [0.5, 0.6) is 0 Å². The van der Waals surface area contributed by atoms with Gasteiger partial charge < -0.3 is 9.84 Å². The number of carbonyl (C=O) groups excluding carboxylic acids is 1. The number of nitrogens with zero attached hydrogens (tertiary/aromatic N) is 1. The Kier molecular flexibility index (Phi) is 7.22. The van der Waals surface area contributed by atoms with Crippen molar-refractivity contribution in [2.24, 2.45) is 5.92 Å². The van der Waals surface area contributed by atoms with Crippen LogP contribution >= 0.6 is 11.6 Å². The van der Waals surface area contributed by atoms with Crippen molar-refractivity contribution in [3.63, 3.8) is 0 Å². The summed E-state index contributed by atoms with van der Waals surface area (Å²) < 4.78 is 45.7. The van der Waals surface area contributed by atoms with E-state index in [1.165, 1.54) is 0 Å². The van der Waals surface area contributed by atoms with Gasteiger partial charge in [-0.1, -0.05) is 11.6 Å². The summed E-state index contributed by atoms with van der Waals surface area (Å²) in [7, 11) is 0. The average Bonchev–Trinajstić information content (AvgIpc) is 2.55. The van der Waals surface area contributed by atoms with Crippen LogP contribution in [0.2, 0.25) is 5.02 Å². The molecule has 0 bridgehead atoms. The molecule has 0 unspecified atom stereocenters.